The number of hydrogen-bond donors (Lipinski definition) is 2. The molecule has 0 saturated heterocycles. The highest BCUT2D eigenvalue weighted by Crippen LogP contribution is 2.27. The average Bonchev–Trinajstić information content (AvgIpc) is 3.04. The number of allylic oxidation sites excluding steroid dienone is 1. The molecule has 17 heavy (non-hydrogen) atoms. The van der Waals surface area contributed by atoms with Crippen LogP contribution in [-0.4, -0.2) is 16.3 Å². The molecule has 0 amide bonds. The van der Waals surface area contributed by atoms with E-state index in [0.29, 0.717) is 6.42 Å². The first-order valence-corrected chi connectivity index (χ1v) is 6.75. The van der Waals surface area contributed by atoms with Crippen molar-refractivity contribution < 1.29 is 0 Å². The van der Waals surface area contributed by atoms with Gasteiger partial charge in [-0.3, -0.25) is 4.68 Å². The van der Waals surface area contributed by atoms with E-state index in [2.05, 4.69) is 38.1 Å². The highest BCUT2D eigenvalue weighted by molar-refractivity contribution is 14.1. The van der Waals surface area contributed by atoms with E-state index in [1.54, 1.807) is 4.68 Å². The first-order chi connectivity index (χ1) is 8.19. The lowest BCUT2D eigenvalue weighted by molar-refractivity contribution is 0.737. The molecule has 1 heterocycles. The van der Waals surface area contributed by atoms with Gasteiger partial charge in [0.15, 0.2) is 0 Å². The molecule has 0 atom stereocenters. The third kappa shape index (κ3) is 3.79. The second kappa shape index (κ2) is 5.61. The monoisotopic (exact) mass is 345 g/mol. The quantitative estimate of drug-likeness (QED) is 0.614. The molecule has 2 rings (SSSR count). The van der Waals surface area contributed by atoms with E-state index in [9.17, 15) is 0 Å². The van der Waals surface area contributed by atoms with Crippen molar-refractivity contribution in [3.63, 3.8) is 0 Å². The Labute approximate surface area is 114 Å². The molecule has 1 aromatic heterocycles. The van der Waals surface area contributed by atoms with E-state index in [1.807, 2.05) is 19.4 Å². The zero-order valence-corrected chi connectivity index (χ0v) is 11.9. The van der Waals surface area contributed by atoms with Crippen molar-refractivity contribution in [3.05, 3.63) is 27.4 Å². The van der Waals surface area contributed by atoms with Crippen LogP contribution >= 0.6 is 22.6 Å². The fourth-order valence-electron chi connectivity index (χ4n) is 1.61. The smallest absolute Gasteiger partial charge is 0.126 e. The van der Waals surface area contributed by atoms with Gasteiger partial charge >= 0.3 is 0 Å². The largest absolute Gasteiger partial charge is 0.389 e. The summed E-state index contributed by atoms with van der Waals surface area (Å²) < 4.78 is 2.76. The van der Waals surface area contributed by atoms with Crippen molar-refractivity contribution in [2.45, 2.75) is 19.3 Å². The predicted molar refractivity (Wildman–Crippen MR) is 73.6 cm³/mol. The Morgan fingerprint density at radius 1 is 1.76 bits per heavy atom. The minimum absolute atomic E-state index is 0.660. The fraction of sp³-hybridized carbons (Fsp3) is 0.545. The van der Waals surface area contributed by atoms with E-state index in [4.69, 9.17) is 5.53 Å². The molecule has 0 spiro atoms. The van der Waals surface area contributed by atoms with E-state index < -0.39 is 0 Å². The summed E-state index contributed by atoms with van der Waals surface area (Å²) in [5.41, 5.74) is 9.04. The molecule has 1 aliphatic carbocycles. The van der Waals surface area contributed by atoms with Gasteiger partial charge in [0.05, 0.1) is 5.70 Å². The summed E-state index contributed by atoms with van der Waals surface area (Å²) in [5.74, 6) is 0.830. The first kappa shape index (κ1) is 12.5. The van der Waals surface area contributed by atoms with E-state index >= 15 is 0 Å². The Bertz CT molecular complexity index is 433. The van der Waals surface area contributed by atoms with Crippen LogP contribution in [-0.2, 0) is 13.5 Å². The number of rotatable bonds is 6. The molecule has 0 aromatic carbocycles. The van der Waals surface area contributed by atoms with Crippen molar-refractivity contribution in [2.75, 3.05) is 6.54 Å². The molecule has 5 nitrogen and oxygen atoms in total. The van der Waals surface area contributed by atoms with Crippen molar-refractivity contribution >= 4 is 22.6 Å². The molecular weight excluding hydrogens is 329 g/mol. The molecule has 92 valence electrons. The van der Waals surface area contributed by atoms with E-state index in [1.165, 1.54) is 12.8 Å². The number of nitrogens with zero attached hydrogens (tertiary/aromatic N) is 3. The topological polar surface area (TPSA) is 66.1 Å². The molecule has 0 radical (unpaired) electrons. The maximum Gasteiger partial charge on any atom is 0.126 e. The molecule has 0 bridgehead atoms. The van der Waals surface area contributed by atoms with Gasteiger partial charge in [-0.15, -0.1) is 0 Å². The first-order valence-electron chi connectivity index (χ1n) is 5.67. The molecule has 0 aliphatic heterocycles. The second-order valence-corrected chi connectivity index (χ2v) is 5.42. The number of aromatic nitrogens is 2. The Morgan fingerprint density at radius 3 is 3.06 bits per heavy atom. The lowest BCUT2D eigenvalue weighted by atomic mass is 10.2. The minimum atomic E-state index is 0.660. The Morgan fingerprint density at radius 2 is 2.53 bits per heavy atom. The number of hydrogen-bond acceptors (Lipinski definition) is 4. The molecule has 2 N–H and O–H groups in total. The van der Waals surface area contributed by atoms with Crippen LogP contribution in [0.2, 0.25) is 0 Å². The highest BCUT2D eigenvalue weighted by Gasteiger charge is 2.19. The number of nitrogens with one attached hydrogen (secondary N) is 2. The average molecular weight is 345 g/mol. The fourth-order valence-corrected chi connectivity index (χ4v) is 2.28. The summed E-state index contributed by atoms with van der Waals surface area (Å²) in [7, 11) is 1.90. The Hall–Kier alpha value is -0.920. The summed E-state index contributed by atoms with van der Waals surface area (Å²) >= 11 is 2.21. The zero-order valence-electron chi connectivity index (χ0n) is 9.78. The van der Waals surface area contributed by atoms with Crippen LogP contribution in [0.3, 0.4) is 0 Å². The van der Waals surface area contributed by atoms with Gasteiger partial charge in [-0.25, -0.2) is 5.53 Å². The van der Waals surface area contributed by atoms with Crippen LogP contribution in [0, 0.1) is 15.1 Å². The Balaban J connectivity index is 1.93. The molecule has 1 aliphatic rings. The van der Waals surface area contributed by atoms with E-state index in [-0.39, 0.29) is 0 Å². The molecule has 0 unspecified atom stereocenters. The lowest BCUT2D eigenvalue weighted by Crippen LogP contribution is -2.10. The van der Waals surface area contributed by atoms with Crippen LogP contribution in [0.15, 0.2) is 23.2 Å². The van der Waals surface area contributed by atoms with Gasteiger partial charge in [-0.05, 0) is 41.4 Å². The summed E-state index contributed by atoms with van der Waals surface area (Å²) in [4.78, 5) is 0. The van der Waals surface area contributed by atoms with Gasteiger partial charge in [0.1, 0.15) is 3.70 Å². The van der Waals surface area contributed by atoms with Crippen LogP contribution in [0.5, 0.6) is 0 Å². The highest BCUT2D eigenvalue weighted by atomic mass is 127. The third-order valence-corrected chi connectivity index (χ3v) is 3.65. The summed E-state index contributed by atoms with van der Waals surface area (Å²) in [6.07, 6.45) is 7.15. The molecule has 1 fully saturated rings. The van der Waals surface area contributed by atoms with Crippen LogP contribution in [0.4, 0.5) is 0 Å². The molecular formula is C11H16IN5. The normalized spacial score (nSPS) is 16.0. The standard InChI is InChI=1S/C11H16IN5/c1-17-7-9(11(12)16-17)4-10(15-13)6-14-5-8-2-3-8/h6-8,13-14H,2-5H2,1H3/b10-6-,15-13?. The van der Waals surface area contributed by atoms with Crippen molar-refractivity contribution in [2.24, 2.45) is 18.1 Å². The zero-order chi connectivity index (χ0) is 12.3. The van der Waals surface area contributed by atoms with Crippen LogP contribution < -0.4 is 5.32 Å². The maximum absolute atomic E-state index is 7.17. The minimum Gasteiger partial charge on any atom is -0.389 e. The van der Waals surface area contributed by atoms with E-state index in [0.717, 1.165) is 27.4 Å². The summed E-state index contributed by atoms with van der Waals surface area (Å²) in [6.45, 7) is 1.00. The predicted octanol–water partition coefficient (Wildman–Crippen LogP) is 2.44. The molecule has 1 aromatic rings. The van der Waals surface area contributed by atoms with Gasteiger partial charge in [-0.2, -0.15) is 10.2 Å². The summed E-state index contributed by atoms with van der Waals surface area (Å²) in [6, 6.07) is 0. The van der Waals surface area contributed by atoms with Crippen molar-refractivity contribution in [1.29, 1.82) is 5.53 Å². The lowest BCUT2D eigenvalue weighted by Gasteiger charge is -2.01. The van der Waals surface area contributed by atoms with Gasteiger partial charge in [0, 0.05) is 38.0 Å². The van der Waals surface area contributed by atoms with Gasteiger partial charge in [0.25, 0.3) is 0 Å². The Kier molecular flexibility index (Phi) is 4.14. The second-order valence-electron chi connectivity index (χ2n) is 4.39. The van der Waals surface area contributed by atoms with Crippen molar-refractivity contribution in [3.8, 4) is 0 Å². The van der Waals surface area contributed by atoms with Crippen LogP contribution in [0.1, 0.15) is 18.4 Å². The van der Waals surface area contributed by atoms with Crippen LogP contribution in [0.25, 0.3) is 0 Å². The number of aryl methyl sites for hydroxylation is 1. The van der Waals surface area contributed by atoms with Gasteiger partial charge < -0.3 is 5.32 Å². The molecule has 6 heteroatoms. The molecule has 1 saturated carbocycles. The maximum atomic E-state index is 7.17. The SMILES string of the molecule is Cn1cc(C/C(=C/NCC2CC2)N=N)c(I)n1. The van der Waals surface area contributed by atoms with Crippen molar-refractivity contribution in [1.82, 2.24) is 15.1 Å². The summed E-state index contributed by atoms with van der Waals surface area (Å²) in [5, 5.41) is 11.1. The van der Waals surface area contributed by atoms with Gasteiger partial charge in [-0.1, -0.05) is 0 Å². The number of halogens is 1. The van der Waals surface area contributed by atoms with Gasteiger partial charge in [0.2, 0.25) is 0 Å². The third-order valence-electron chi connectivity index (χ3n) is 2.74.